The molecule has 0 bridgehead atoms. The Morgan fingerprint density at radius 3 is 2.88 bits per heavy atom. The van der Waals surface area contributed by atoms with Gasteiger partial charge >= 0.3 is 5.97 Å². The van der Waals surface area contributed by atoms with Crippen LogP contribution in [0.5, 0.6) is 0 Å². The van der Waals surface area contributed by atoms with E-state index in [0.717, 1.165) is 5.56 Å². The highest BCUT2D eigenvalue weighted by Crippen LogP contribution is 2.38. The smallest absolute Gasteiger partial charge is 0.335 e. The number of carboxylic acids is 1. The Morgan fingerprint density at radius 2 is 2.31 bits per heavy atom. The van der Waals surface area contributed by atoms with Gasteiger partial charge in [-0.15, -0.1) is 0 Å². The average molecular weight is 217 g/mol. The van der Waals surface area contributed by atoms with Crippen LogP contribution in [-0.4, -0.2) is 22.8 Å². The molecule has 0 radical (unpaired) electrons. The summed E-state index contributed by atoms with van der Waals surface area (Å²) in [4.78, 5) is 10.8. The number of hydrogen-bond acceptors (Lipinski definition) is 3. The van der Waals surface area contributed by atoms with E-state index in [4.69, 9.17) is 10.4 Å². The third-order valence-electron chi connectivity index (χ3n) is 3.18. The van der Waals surface area contributed by atoms with Crippen molar-refractivity contribution in [3.05, 3.63) is 34.9 Å². The van der Waals surface area contributed by atoms with Gasteiger partial charge in [0.15, 0.2) is 0 Å². The third kappa shape index (κ3) is 1.37. The van der Waals surface area contributed by atoms with Gasteiger partial charge in [-0.2, -0.15) is 5.26 Å². The molecular formula is C12H11NO3. The van der Waals surface area contributed by atoms with E-state index in [9.17, 15) is 9.90 Å². The molecule has 1 unspecified atom stereocenters. The zero-order chi connectivity index (χ0) is 11.8. The molecule has 1 aromatic rings. The second kappa shape index (κ2) is 3.62. The number of hydrogen-bond donors (Lipinski definition) is 2. The van der Waals surface area contributed by atoms with E-state index in [2.05, 4.69) is 6.07 Å². The lowest BCUT2D eigenvalue weighted by molar-refractivity contribution is 0.0696. The second-order valence-corrected chi connectivity index (χ2v) is 4.03. The van der Waals surface area contributed by atoms with Crippen LogP contribution in [0.2, 0.25) is 0 Å². The van der Waals surface area contributed by atoms with Gasteiger partial charge in [0, 0.05) is 0 Å². The van der Waals surface area contributed by atoms with Crippen LogP contribution in [0.25, 0.3) is 0 Å². The maximum Gasteiger partial charge on any atom is 0.335 e. The van der Waals surface area contributed by atoms with E-state index >= 15 is 0 Å². The highest BCUT2D eigenvalue weighted by molar-refractivity contribution is 5.88. The quantitative estimate of drug-likeness (QED) is 0.776. The molecular weight excluding hydrogens is 206 g/mol. The van der Waals surface area contributed by atoms with E-state index in [0.29, 0.717) is 18.4 Å². The molecule has 2 rings (SSSR count). The van der Waals surface area contributed by atoms with E-state index in [1.807, 2.05) is 0 Å². The minimum atomic E-state index is -1.01. The minimum Gasteiger partial charge on any atom is -0.478 e. The standard InChI is InChI=1S/C12H11NO3/c13-6-12(7-14)4-3-8-1-2-9(11(15)16)5-10(8)12/h1-2,5,14H,3-4,7H2,(H,15,16). The van der Waals surface area contributed by atoms with E-state index in [1.54, 1.807) is 6.07 Å². The Kier molecular flexibility index (Phi) is 2.41. The van der Waals surface area contributed by atoms with Gasteiger partial charge in [-0.25, -0.2) is 4.79 Å². The molecule has 0 saturated carbocycles. The first kappa shape index (κ1) is 10.7. The zero-order valence-electron chi connectivity index (χ0n) is 8.60. The van der Waals surface area contributed by atoms with Gasteiger partial charge in [-0.1, -0.05) is 6.07 Å². The van der Waals surface area contributed by atoms with Crippen LogP contribution < -0.4 is 0 Å². The third-order valence-corrected chi connectivity index (χ3v) is 3.18. The predicted molar refractivity (Wildman–Crippen MR) is 56.1 cm³/mol. The number of carboxylic acid groups (broad SMARTS) is 1. The maximum absolute atomic E-state index is 10.8. The molecule has 2 N–H and O–H groups in total. The van der Waals surface area contributed by atoms with Crippen molar-refractivity contribution < 1.29 is 15.0 Å². The molecule has 82 valence electrons. The summed E-state index contributed by atoms with van der Waals surface area (Å²) in [6.07, 6.45) is 1.27. The molecule has 0 aromatic heterocycles. The van der Waals surface area contributed by atoms with Crippen molar-refractivity contribution in [1.82, 2.24) is 0 Å². The summed E-state index contributed by atoms with van der Waals surface area (Å²) in [7, 11) is 0. The Morgan fingerprint density at radius 1 is 1.56 bits per heavy atom. The second-order valence-electron chi connectivity index (χ2n) is 4.03. The first-order valence-corrected chi connectivity index (χ1v) is 5.02. The number of aliphatic hydroxyl groups excluding tert-OH is 1. The van der Waals surface area contributed by atoms with Crippen LogP contribution in [0.15, 0.2) is 18.2 Å². The number of rotatable bonds is 2. The number of nitrogens with zero attached hydrogens (tertiary/aromatic N) is 1. The van der Waals surface area contributed by atoms with Crippen LogP contribution in [0.1, 0.15) is 27.9 Å². The van der Waals surface area contributed by atoms with Crippen molar-refractivity contribution >= 4 is 5.97 Å². The number of nitriles is 1. The molecule has 1 aliphatic carbocycles. The zero-order valence-corrected chi connectivity index (χ0v) is 8.60. The monoisotopic (exact) mass is 217 g/mol. The summed E-state index contributed by atoms with van der Waals surface area (Å²) >= 11 is 0. The number of aryl methyl sites for hydroxylation is 1. The van der Waals surface area contributed by atoms with Crippen LogP contribution in [0, 0.1) is 11.3 Å². The summed E-state index contributed by atoms with van der Waals surface area (Å²) in [6, 6.07) is 6.87. The summed E-state index contributed by atoms with van der Waals surface area (Å²) in [6.45, 7) is -0.264. The van der Waals surface area contributed by atoms with Crippen LogP contribution in [0.3, 0.4) is 0 Å². The van der Waals surface area contributed by atoms with Gasteiger partial charge in [0.05, 0.1) is 18.2 Å². The Balaban J connectivity index is 2.57. The fourth-order valence-corrected chi connectivity index (χ4v) is 2.17. The largest absolute Gasteiger partial charge is 0.478 e. The Labute approximate surface area is 92.8 Å². The summed E-state index contributed by atoms with van der Waals surface area (Å²) in [5, 5.41) is 27.3. The highest BCUT2D eigenvalue weighted by atomic mass is 16.4. The first-order valence-electron chi connectivity index (χ1n) is 5.02. The number of carbonyl (C=O) groups is 1. The van der Waals surface area contributed by atoms with E-state index in [-0.39, 0.29) is 12.2 Å². The van der Waals surface area contributed by atoms with Crippen LogP contribution in [-0.2, 0) is 11.8 Å². The Hall–Kier alpha value is -1.86. The summed E-state index contributed by atoms with van der Waals surface area (Å²) in [5.41, 5.74) is 0.868. The van der Waals surface area contributed by atoms with Gasteiger partial charge in [0.25, 0.3) is 0 Å². The molecule has 16 heavy (non-hydrogen) atoms. The first-order chi connectivity index (χ1) is 7.63. The lowest BCUT2D eigenvalue weighted by Gasteiger charge is -2.18. The molecule has 1 aromatic carbocycles. The maximum atomic E-state index is 10.8. The van der Waals surface area contributed by atoms with E-state index < -0.39 is 11.4 Å². The van der Waals surface area contributed by atoms with Gasteiger partial charge in [-0.05, 0) is 36.1 Å². The Bertz CT molecular complexity index is 490. The summed E-state index contributed by atoms with van der Waals surface area (Å²) in [5.74, 6) is -1.01. The fourth-order valence-electron chi connectivity index (χ4n) is 2.17. The van der Waals surface area contributed by atoms with Gasteiger partial charge in [-0.3, -0.25) is 0 Å². The summed E-state index contributed by atoms with van der Waals surface area (Å²) < 4.78 is 0. The van der Waals surface area contributed by atoms with Crippen molar-refractivity contribution in [3.63, 3.8) is 0 Å². The topological polar surface area (TPSA) is 81.3 Å². The molecule has 4 nitrogen and oxygen atoms in total. The number of aliphatic hydroxyl groups is 1. The molecule has 0 aliphatic heterocycles. The van der Waals surface area contributed by atoms with Crippen molar-refractivity contribution in [1.29, 1.82) is 5.26 Å². The molecule has 0 saturated heterocycles. The highest BCUT2D eigenvalue weighted by Gasteiger charge is 2.38. The SMILES string of the molecule is N#CC1(CO)CCc2ccc(C(=O)O)cc21. The normalized spacial score (nSPS) is 22.5. The number of aromatic carboxylic acids is 1. The molecule has 4 heteroatoms. The minimum absolute atomic E-state index is 0.161. The van der Waals surface area contributed by atoms with Crippen molar-refractivity contribution in [3.8, 4) is 6.07 Å². The lowest BCUT2D eigenvalue weighted by Crippen LogP contribution is -2.25. The van der Waals surface area contributed by atoms with Crippen LogP contribution >= 0.6 is 0 Å². The molecule has 0 spiro atoms. The van der Waals surface area contributed by atoms with Crippen molar-refractivity contribution in [2.24, 2.45) is 0 Å². The average Bonchev–Trinajstić information content (AvgIpc) is 2.67. The van der Waals surface area contributed by atoms with Crippen molar-refractivity contribution in [2.45, 2.75) is 18.3 Å². The van der Waals surface area contributed by atoms with Crippen molar-refractivity contribution in [2.75, 3.05) is 6.61 Å². The molecule has 0 amide bonds. The number of benzene rings is 1. The lowest BCUT2D eigenvalue weighted by atomic mass is 9.84. The van der Waals surface area contributed by atoms with Gasteiger partial charge in [0.2, 0.25) is 0 Å². The molecule has 0 fully saturated rings. The van der Waals surface area contributed by atoms with Gasteiger partial charge in [0.1, 0.15) is 5.41 Å². The number of fused-ring (bicyclic) bond motifs is 1. The fraction of sp³-hybridized carbons (Fsp3) is 0.333. The van der Waals surface area contributed by atoms with Gasteiger partial charge < -0.3 is 10.2 Å². The molecule has 1 aliphatic rings. The molecule has 1 atom stereocenters. The van der Waals surface area contributed by atoms with Crippen LogP contribution in [0.4, 0.5) is 0 Å². The van der Waals surface area contributed by atoms with E-state index in [1.165, 1.54) is 12.1 Å². The predicted octanol–water partition coefficient (Wildman–Crippen LogP) is 1.08. The molecule has 0 heterocycles.